The zero-order valence-corrected chi connectivity index (χ0v) is 9.19. The summed E-state index contributed by atoms with van der Waals surface area (Å²) in [6, 6.07) is 3.46. The van der Waals surface area contributed by atoms with Crippen LogP contribution in [0.4, 0.5) is 0 Å². The first-order chi connectivity index (χ1) is 7.09. The molecule has 0 aliphatic heterocycles. The lowest BCUT2D eigenvalue weighted by atomic mass is 10.1. The molecule has 0 saturated carbocycles. The predicted molar refractivity (Wildman–Crippen MR) is 58.3 cm³/mol. The Labute approximate surface area is 89.8 Å². The van der Waals surface area contributed by atoms with E-state index in [0.717, 1.165) is 18.6 Å². The summed E-state index contributed by atoms with van der Waals surface area (Å²) in [4.78, 5) is 11.3. The van der Waals surface area contributed by atoms with Gasteiger partial charge in [-0.1, -0.05) is 0 Å². The highest BCUT2D eigenvalue weighted by atomic mass is 16.3. The summed E-state index contributed by atoms with van der Waals surface area (Å²) in [6.45, 7) is 3.64. The van der Waals surface area contributed by atoms with Crippen LogP contribution in [0.1, 0.15) is 26.0 Å². The van der Waals surface area contributed by atoms with Crippen LogP contribution >= 0.6 is 0 Å². The van der Waals surface area contributed by atoms with Crippen molar-refractivity contribution < 1.29 is 9.21 Å². The summed E-state index contributed by atoms with van der Waals surface area (Å²) in [5.41, 5.74) is 5.44. The van der Waals surface area contributed by atoms with Crippen molar-refractivity contribution in [2.24, 2.45) is 5.73 Å². The number of carbonyl (C=O) groups is 1. The molecule has 1 amide bonds. The Bertz CT molecular complexity index is 294. The Hall–Kier alpha value is -1.29. The molecule has 4 nitrogen and oxygen atoms in total. The first kappa shape index (κ1) is 11.8. The molecule has 3 N–H and O–H groups in total. The van der Waals surface area contributed by atoms with Crippen molar-refractivity contribution in [3.8, 4) is 0 Å². The van der Waals surface area contributed by atoms with E-state index in [1.54, 1.807) is 13.2 Å². The summed E-state index contributed by atoms with van der Waals surface area (Å²) in [6.07, 6.45) is 3.33. The summed E-state index contributed by atoms with van der Waals surface area (Å²) in [5.74, 6) is 0.832. The van der Waals surface area contributed by atoms with E-state index in [2.05, 4.69) is 5.32 Å². The van der Waals surface area contributed by atoms with Crippen LogP contribution in [0.3, 0.4) is 0 Å². The molecule has 1 aromatic heterocycles. The van der Waals surface area contributed by atoms with Gasteiger partial charge >= 0.3 is 0 Å². The zero-order valence-electron chi connectivity index (χ0n) is 9.19. The molecule has 0 spiro atoms. The maximum absolute atomic E-state index is 11.3. The number of nitrogens with two attached hydrogens (primary N) is 1. The molecule has 2 unspecified atom stereocenters. The molecular weight excluding hydrogens is 192 g/mol. The second-order valence-corrected chi connectivity index (χ2v) is 3.82. The number of rotatable bonds is 5. The zero-order chi connectivity index (χ0) is 11.3. The average Bonchev–Trinajstić information content (AvgIpc) is 2.66. The maximum atomic E-state index is 11.3. The van der Waals surface area contributed by atoms with Gasteiger partial charge in [-0.2, -0.15) is 0 Å². The number of furan rings is 1. The smallest absolute Gasteiger partial charge is 0.236 e. The van der Waals surface area contributed by atoms with Crippen LogP contribution in [0.2, 0.25) is 0 Å². The molecule has 1 aromatic rings. The van der Waals surface area contributed by atoms with Gasteiger partial charge in [-0.15, -0.1) is 0 Å². The van der Waals surface area contributed by atoms with Crippen molar-refractivity contribution in [2.75, 3.05) is 0 Å². The maximum Gasteiger partial charge on any atom is 0.236 e. The molecule has 0 radical (unpaired) electrons. The largest absolute Gasteiger partial charge is 0.469 e. The number of aryl methyl sites for hydroxylation is 1. The Balaban J connectivity index is 2.24. The lowest BCUT2D eigenvalue weighted by Crippen LogP contribution is -2.42. The van der Waals surface area contributed by atoms with E-state index < -0.39 is 6.04 Å². The van der Waals surface area contributed by atoms with Gasteiger partial charge in [0.1, 0.15) is 5.76 Å². The number of hydrogen-bond acceptors (Lipinski definition) is 3. The monoisotopic (exact) mass is 210 g/mol. The van der Waals surface area contributed by atoms with E-state index in [1.165, 1.54) is 0 Å². The molecule has 0 bridgehead atoms. The van der Waals surface area contributed by atoms with Crippen LogP contribution < -0.4 is 11.1 Å². The highest BCUT2D eigenvalue weighted by molar-refractivity contribution is 5.81. The van der Waals surface area contributed by atoms with Crippen molar-refractivity contribution in [2.45, 2.75) is 38.8 Å². The summed E-state index contributed by atoms with van der Waals surface area (Å²) >= 11 is 0. The average molecular weight is 210 g/mol. The summed E-state index contributed by atoms with van der Waals surface area (Å²) < 4.78 is 5.20. The minimum absolute atomic E-state index is 0.109. The first-order valence-electron chi connectivity index (χ1n) is 5.18. The standard InChI is InChI=1S/C11H18N2O2/c1-8(13-11(14)9(2)12)5-6-10-4-3-7-15-10/h3-4,7-9H,5-6,12H2,1-2H3,(H,13,14). The van der Waals surface area contributed by atoms with Gasteiger partial charge in [0.2, 0.25) is 5.91 Å². The molecule has 2 atom stereocenters. The number of nitrogens with one attached hydrogen (secondary N) is 1. The Kier molecular flexibility index (Phi) is 4.37. The molecule has 0 aliphatic rings. The molecule has 1 rings (SSSR count). The highest BCUT2D eigenvalue weighted by Crippen LogP contribution is 2.05. The Morgan fingerprint density at radius 3 is 2.87 bits per heavy atom. The van der Waals surface area contributed by atoms with Crippen molar-refractivity contribution in [1.29, 1.82) is 0 Å². The van der Waals surface area contributed by atoms with E-state index in [1.807, 2.05) is 19.1 Å². The first-order valence-corrected chi connectivity index (χ1v) is 5.18. The van der Waals surface area contributed by atoms with Gasteiger partial charge in [-0.3, -0.25) is 4.79 Å². The van der Waals surface area contributed by atoms with Gasteiger partial charge < -0.3 is 15.5 Å². The Morgan fingerprint density at radius 2 is 2.33 bits per heavy atom. The minimum atomic E-state index is -0.448. The topological polar surface area (TPSA) is 68.3 Å². The molecule has 84 valence electrons. The second kappa shape index (κ2) is 5.56. The molecule has 15 heavy (non-hydrogen) atoms. The van der Waals surface area contributed by atoms with Gasteiger partial charge in [-0.05, 0) is 32.4 Å². The van der Waals surface area contributed by atoms with Gasteiger partial charge in [0.15, 0.2) is 0 Å². The third-order valence-electron chi connectivity index (χ3n) is 2.21. The number of hydrogen-bond donors (Lipinski definition) is 2. The van der Waals surface area contributed by atoms with Gasteiger partial charge in [0, 0.05) is 12.5 Å². The van der Waals surface area contributed by atoms with Crippen LogP contribution in [-0.2, 0) is 11.2 Å². The van der Waals surface area contributed by atoms with Crippen molar-refractivity contribution >= 4 is 5.91 Å². The van der Waals surface area contributed by atoms with Gasteiger partial charge in [0.05, 0.1) is 12.3 Å². The summed E-state index contributed by atoms with van der Waals surface area (Å²) in [5, 5.41) is 2.84. The molecule has 0 fully saturated rings. The molecule has 0 aromatic carbocycles. The normalized spacial score (nSPS) is 14.6. The molecule has 4 heteroatoms. The quantitative estimate of drug-likeness (QED) is 0.763. The van der Waals surface area contributed by atoms with Gasteiger partial charge in [-0.25, -0.2) is 0 Å². The minimum Gasteiger partial charge on any atom is -0.469 e. The summed E-state index contributed by atoms with van der Waals surface area (Å²) in [7, 11) is 0. The van der Waals surface area contributed by atoms with Crippen LogP contribution in [0.25, 0.3) is 0 Å². The fourth-order valence-electron chi connectivity index (χ4n) is 1.26. The van der Waals surface area contributed by atoms with Crippen molar-refractivity contribution in [3.63, 3.8) is 0 Å². The number of carbonyl (C=O) groups excluding carboxylic acids is 1. The van der Waals surface area contributed by atoms with E-state index >= 15 is 0 Å². The molecule has 1 heterocycles. The van der Waals surface area contributed by atoms with E-state index in [9.17, 15) is 4.79 Å². The van der Waals surface area contributed by atoms with Gasteiger partial charge in [0.25, 0.3) is 0 Å². The van der Waals surface area contributed by atoms with Crippen molar-refractivity contribution in [1.82, 2.24) is 5.32 Å². The van der Waals surface area contributed by atoms with Crippen LogP contribution in [0, 0.1) is 0 Å². The fraction of sp³-hybridized carbons (Fsp3) is 0.545. The molecule has 0 aliphatic carbocycles. The Morgan fingerprint density at radius 1 is 1.60 bits per heavy atom. The number of amides is 1. The van der Waals surface area contributed by atoms with E-state index in [-0.39, 0.29) is 11.9 Å². The van der Waals surface area contributed by atoms with Crippen LogP contribution in [0.15, 0.2) is 22.8 Å². The van der Waals surface area contributed by atoms with Crippen LogP contribution in [0.5, 0.6) is 0 Å². The van der Waals surface area contributed by atoms with E-state index in [0.29, 0.717) is 0 Å². The third kappa shape index (κ3) is 4.16. The lowest BCUT2D eigenvalue weighted by molar-refractivity contribution is -0.122. The third-order valence-corrected chi connectivity index (χ3v) is 2.21. The fourth-order valence-corrected chi connectivity index (χ4v) is 1.26. The second-order valence-electron chi connectivity index (χ2n) is 3.82. The SMILES string of the molecule is CC(CCc1ccco1)NC(=O)C(C)N. The van der Waals surface area contributed by atoms with Crippen LogP contribution in [-0.4, -0.2) is 18.0 Å². The van der Waals surface area contributed by atoms with E-state index in [4.69, 9.17) is 10.2 Å². The molecule has 0 saturated heterocycles. The lowest BCUT2D eigenvalue weighted by Gasteiger charge is -2.14. The highest BCUT2D eigenvalue weighted by Gasteiger charge is 2.11. The predicted octanol–water partition coefficient (Wildman–Crippen LogP) is 1.06. The van der Waals surface area contributed by atoms with Crippen molar-refractivity contribution in [3.05, 3.63) is 24.2 Å². The molecular formula is C11H18N2O2.